The minimum Gasteiger partial charge on any atom is -0.378 e. The zero-order chi connectivity index (χ0) is 18.0. The number of aryl methyl sites for hydroxylation is 1. The summed E-state index contributed by atoms with van der Waals surface area (Å²) in [5.41, 5.74) is 0.738. The number of aromatic nitrogens is 2. The van der Waals surface area contributed by atoms with Crippen LogP contribution < -0.4 is 5.32 Å². The Kier molecular flexibility index (Phi) is 5.00. The number of amides is 2. The zero-order valence-corrected chi connectivity index (χ0v) is 14.2. The van der Waals surface area contributed by atoms with Crippen molar-refractivity contribution in [1.82, 2.24) is 14.7 Å². The first-order valence-corrected chi connectivity index (χ1v) is 8.01. The van der Waals surface area contributed by atoms with E-state index in [1.54, 1.807) is 11.9 Å². The Morgan fingerprint density at radius 2 is 2.00 bits per heavy atom. The van der Waals surface area contributed by atoms with Crippen LogP contribution in [-0.2, 0) is 11.8 Å². The van der Waals surface area contributed by atoms with E-state index < -0.39 is 11.7 Å². The number of carbonyl (C=O) groups is 2. The molecule has 132 valence electrons. The lowest BCUT2D eigenvalue weighted by Crippen LogP contribution is -2.40. The van der Waals surface area contributed by atoms with E-state index >= 15 is 0 Å². The molecule has 25 heavy (non-hydrogen) atoms. The fourth-order valence-electron chi connectivity index (χ4n) is 2.48. The van der Waals surface area contributed by atoms with Gasteiger partial charge in [-0.3, -0.25) is 14.3 Å². The maximum Gasteiger partial charge on any atom is 0.274 e. The number of hydrogen-bond donors (Lipinski definition) is 1. The van der Waals surface area contributed by atoms with Crippen molar-refractivity contribution < 1.29 is 18.7 Å². The fraction of sp³-hybridized carbons (Fsp3) is 0.312. The van der Waals surface area contributed by atoms with Crippen molar-refractivity contribution in [1.29, 1.82) is 0 Å². The molecule has 2 aromatic rings. The molecule has 9 heteroatoms. The average molecular weight is 367 g/mol. The third kappa shape index (κ3) is 3.80. The normalized spacial score (nSPS) is 14.4. The highest BCUT2D eigenvalue weighted by Gasteiger charge is 2.23. The third-order valence-electron chi connectivity index (χ3n) is 3.81. The standard InChI is InChI=1S/C16H16ClFN4O3/c1-21-14(15(23)19-10-2-3-12(18)11(17)8-10)9-13(20-21)16(24)22-4-6-25-7-5-22/h2-3,8-9H,4-7H2,1H3,(H,19,23). The average Bonchev–Trinajstić information content (AvgIpc) is 3.00. The summed E-state index contributed by atoms with van der Waals surface area (Å²) in [5, 5.41) is 6.63. The molecular weight excluding hydrogens is 351 g/mol. The molecule has 0 bridgehead atoms. The first kappa shape index (κ1) is 17.4. The number of nitrogens with one attached hydrogen (secondary N) is 1. The van der Waals surface area contributed by atoms with Gasteiger partial charge in [0, 0.05) is 31.9 Å². The van der Waals surface area contributed by atoms with Gasteiger partial charge in [-0.1, -0.05) is 11.6 Å². The molecule has 1 aromatic carbocycles. The van der Waals surface area contributed by atoms with Gasteiger partial charge >= 0.3 is 0 Å². The molecule has 0 radical (unpaired) electrons. The number of rotatable bonds is 3. The van der Waals surface area contributed by atoms with Gasteiger partial charge in [0.25, 0.3) is 11.8 Å². The van der Waals surface area contributed by atoms with Gasteiger partial charge in [-0.25, -0.2) is 4.39 Å². The molecule has 0 saturated carbocycles. The van der Waals surface area contributed by atoms with E-state index in [0.29, 0.717) is 32.0 Å². The predicted octanol–water partition coefficient (Wildman–Crippen LogP) is 1.94. The molecule has 1 aromatic heterocycles. The fourth-order valence-corrected chi connectivity index (χ4v) is 2.66. The molecule has 2 amide bonds. The lowest BCUT2D eigenvalue weighted by molar-refractivity contribution is 0.0298. The number of carbonyl (C=O) groups excluding carboxylic acids is 2. The topological polar surface area (TPSA) is 76.5 Å². The summed E-state index contributed by atoms with van der Waals surface area (Å²) in [6.07, 6.45) is 0. The Bertz CT molecular complexity index is 818. The molecule has 0 unspecified atom stereocenters. The lowest BCUT2D eigenvalue weighted by atomic mass is 10.2. The second-order valence-electron chi connectivity index (χ2n) is 5.53. The smallest absolute Gasteiger partial charge is 0.274 e. The minimum absolute atomic E-state index is 0.0917. The van der Waals surface area contributed by atoms with Crippen LogP contribution in [0.5, 0.6) is 0 Å². The van der Waals surface area contributed by atoms with Crippen LogP contribution in [0.3, 0.4) is 0 Å². The Morgan fingerprint density at radius 3 is 2.68 bits per heavy atom. The van der Waals surface area contributed by atoms with Crippen LogP contribution in [0.2, 0.25) is 5.02 Å². The summed E-state index contributed by atoms with van der Waals surface area (Å²) < 4.78 is 19.7. The van der Waals surface area contributed by atoms with Crippen LogP contribution in [0.4, 0.5) is 10.1 Å². The second kappa shape index (κ2) is 7.20. The van der Waals surface area contributed by atoms with E-state index in [-0.39, 0.29) is 22.3 Å². The van der Waals surface area contributed by atoms with Gasteiger partial charge in [-0.2, -0.15) is 5.10 Å². The van der Waals surface area contributed by atoms with Gasteiger partial charge in [0.1, 0.15) is 11.5 Å². The number of anilines is 1. The van der Waals surface area contributed by atoms with Crippen LogP contribution in [0.1, 0.15) is 21.0 Å². The molecule has 0 aliphatic carbocycles. The first-order chi connectivity index (χ1) is 12.0. The Balaban J connectivity index is 1.75. The van der Waals surface area contributed by atoms with Crippen LogP contribution in [0.25, 0.3) is 0 Å². The third-order valence-corrected chi connectivity index (χ3v) is 4.10. The van der Waals surface area contributed by atoms with Gasteiger partial charge in [0.2, 0.25) is 0 Å². The van der Waals surface area contributed by atoms with Crippen LogP contribution in [0.15, 0.2) is 24.3 Å². The van der Waals surface area contributed by atoms with Crippen molar-refractivity contribution in [3.8, 4) is 0 Å². The molecular formula is C16H16ClFN4O3. The predicted molar refractivity (Wildman–Crippen MR) is 89.3 cm³/mol. The van der Waals surface area contributed by atoms with Crippen molar-refractivity contribution in [2.24, 2.45) is 7.05 Å². The SMILES string of the molecule is Cn1nc(C(=O)N2CCOCC2)cc1C(=O)Nc1ccc(F)c(Cl)c1. The van der Waals surface area contributed by atoms with Crippen LogP contribution in [0, 0.1) is 5.82 Å². The number of morpholine rings is 1. The van der Waals surface area contributed by atoms with Crippen molar-refractivity contribution in [2.75, 3.05) is 31.6 Å². The summed E-state index contributed by atoms with van der Waals surface area (Å²) in [6, 6.07) is 5.30. The number of halogens is 2. The number of ether oxygens (including phenoxy) is 1. The molecule has 1 fully saturated rings. The Labute approximate surface area is 148 Å². The molecule has 1 N–H and O–H groups in total. The second-order valence-corrected chi connectivity index (χ2v) is 5.93. The van der Waals surface area contributed by atoms with Crippen molar-refractivity contribution in [3.63, 3.8) is 0 Å². The molecule has 1 aliphatic rings. The number of hydrogen-bond acceptors (Lipinski definition) is 4. The minimum atomic E-state index is -0.571. The van der Waals surface area contributed by atoms with Gasteiger partial charge in [-0.05, 0) is 18.2 Å². The van der Waals surface area contributed by atoms with E-state index in [1.165, 1.54) is 22.9 Å². The summed E-state index contributed by atoms with van der Waals surface area (Å²) in [5.74, 6) is -1.29. The zero-order valence-electron chi connectivity index (χ0n) is 13.5. The van der Waals surface area contributed by atoms with E-state index in [0.717, 1.165) is 6.07 Å². The summed E-state index contributed by atoms with van der Waals surface area (Å²) in [6.45, 7) is 1.95. The highest BCUT2D eigenvalue weighted by atomic mass is 35.5. The number of benzene rings is 1. The molecule has 1 aliphatic heterocycles. The molecule has 1 saturated heterocycles. The van der Waals surface area contributed by atoms with Gasteiger partial charge in [0.15, 0.2) is 5.69 Å². The molecule has 0 atom stereocenters. The molecule has 2 heterocycles. The first-order valence-electron chi connectivity index (χ1n) is 7.63. The van der Waals surface area contributed by atoms with Gasteiger partial charge in [0.05, 0.1) is 18.2 Å². The van der Waals surface area contributed by atoms with Crippen molar-refractivity contribution in [3.05, 3.63) is 46.5 Å². The van der Waals surface area contributed by atoms with Crippen LogP contribution in [-0.4, -0.2) is 52.8 Å². The maximum atomic E-state index is 13.2. The highest BCUT2D eigenvalue weighted by molar-refractivity contribution is 6.31. The Morgan fingerprint density at radius 1 is 1.28 bits per heavy atom. The molecule has 7 nitrogen and oxygen atoms in total. The van der Waals surface area contributed by atoms with Crippen molar-refractivity contribution >= 4 is 29.1 Å². The van der Waals surface area contributed by atoms with E-state index in [1.807, 2.05) is 0 Å². The quantitative estimate of drug-likeness (QED) is 0.900. The lowest BCUT2D eigenvalue weighted by Gasteiger charge is -2.25. The Hall–Kier alpha value is -2.45. The van der Waals surface area contributed by atoms with Gasteiger partial charge in [-0.15, -0.1) is 0 Å². The van der Waals surface area contributed by atoms with E-state index in [2.05, 4.69) is 10.4 Å². The molecule has 0 spiro atoms. The molecule has 3 rings (SSSR count). The monoisotopic (exact) mass is 366 g/mol. The van der Waals surface area contributed by atoms with Crippen molar-refractivity contribution in [2.45, 2.75) is 0 Å². The number of nitrogens with zero attached hydrogens (tertiary/aromatic N) is 3. The largest absolute Gasteiger partial charge is 0.378 e. The van der Waals surface area contributed by atoms with E-state index in [9.17, 15) is 14.0 Å². The summed E-state index contributed by atoms with van der Waals surface area (Å²) in [4.78, 5) is 26.5. The summed E-state index contributed by atoms with van der Waals surface area (Å²) >= 11 is 5.70. The van der Waals surface area contributed by atoms with E-state index in [4.69, 9.17) is 16.3 Å². The maximum absolute atomic E-state index is 13.2. The summed E-state index contributed by atoms with van der Waals surface area (Å²) in [7, 11) is 1.57. The van der Waals surface area contributed by atoms with Crippen LogP contribution >= 0.6 is 11.6 Å². The highest BCUT2D eigenvalue weighted by Crippen LogP contribution is 2.20. The van der Waals surface area contributed by atoms with Gasteiger partial charge < -0.3 is 15.0 Å².